The van der Waals surface area contributed by atoms with Crippen LogP contribution in [0.5, 0.6) is 0 Å². The molecule has 0 aliphatic heterocycles. The maximum absolute atomic E-state index is 10.4. The third kappa shape index (κ3) is 2.68. The summed E-state index contributed by atoms with van der Waals surface area (Å²) in [4.78, 5) is 0. The Bertz CT molecular complexity index is 73.3. The topological polar surface area (TPSA) is 29.5 Å². The van der Waals surface area contributed by atoms with Crippen molar-refractivity contribution in [3.8, 4) is 0 Å². The number of hydrogen-bond acceptors (Lipinski definition) is 2. The number of rotatable bonds is 2. The molecular weight excluding hydrogens is 113 g/mol. The lowest BCUT2D eigenvalue weighted by Crippen LogP contribution is -1.98. The second kappa shape index (κ2) is 3.08. The van der Waals surface area contributed by atoms with E-state index in [0.717, 1.165) is 0 Å². The molecule has 0 fully saturated rings. The Hall–Kier alpha value is 0.0200. The average Bonchev–Trinajstić information content (AvgIpc) is 1.65. The van der Waals surface area contributed by atoms with Gasteiger partial charge in [-0.05, 0) is 4.57 Å². The van der Waals surface area contributed by atoms with E-state index in [9.17, 15) is 4.57 Å². The van der Waals surface area contributed by atoms with Crippen LogP contribution in [0.25, 0.3) is 0 Å². The van der Waals surface area contributed by atoms with E-state index in [1.165, 1.54) is 11.8 Å². The maximum atomic E-state index is 10.4. The van der Waals surface area contributed by atoms with Crippen molar-refractivity contribution in [1.29, 1.82) is 0 Å². The minimum absolute atomic E-state index is 1.42. The van der Waals surface area contributed by atoms with Crippen LogP contribution in [-0.4, -0.2) is 25.9 Å². The first kappa shape index (κ1) is 7.02. The Kier molecular flexibility index (Phi) is 3.09. The SMILES string of the molecule is CO[P+](=O)N(C)C. The third-order valence-electron chi connectivity index (χ3n) is 0.483. The van der Waals surface area contributed by atoms with Gasteiger partial charge in [-0.15, -0.1) is 4.52 Å². The highest BCUT2D eigenvalue weighted by Gasteiger charge is 2.17. The summed E-state index contributed by atoms with van der Waals surface area (Å²) in [6.45, 7) is 0. The van der Waals surface area contributed by atoms with Crippen molar-refractivity contribution >= 4 is 8.18 Å². The monoisotopic (exact) mass is 122 g/mol. The molecule has 0 rings (SSSR count). The molecule has 0 N–H and O–H groups in total. The average molecular weight is 122 g/mol. The van der Waals surface area contributed by atoms with Crippen LogP contribution in [0.4, 0.5) is 0 Å². The molecular formula is C3H9NO2P+. The van der Waals surface area contributed by atoms with Crippen molar-refractivity contribution in [2.45, 2.75) is 0 Å². The Labute approximate surface area is 44.2 Å². The van der Waals surface area contributed by atoms with Crippen molar-refractivity contribution in [2.24, 2.45) is 0 Å². The van der Waals surface area contributed by atoms with Gasteiger partial charge in [0.25, 0.3) is 0 Å². The largest absolute Gasteiger partial charge is 0.614 e. The molecule has 0 saturated heterocycles. The van der Waals surface area contributed by atoms with Gasteiger partial charge >= 0.3 is 8.18 Å². The second-order valence-corrected chi connectivity index (χ2v) is 2.91. The van der Waals surface area contributed by atoms with Crippen molar-refractivity contribution in [1.82, 2.24) is 4.67 Å². The molecule has 0 spiro atoms. The summed E-state index contributed by atoms with van der Waals surface area (Å²) in [5, 5.41) is 0. The van der Waals surface area contributed by atoms with Crippen LogP contribution in [0.1, 0.15) is 0 Å². The van der Waals surface area contributed by atoms with E-state index < -0.39 is 8.18 Å². The van der Waals surface area contributed by atoms with Crippen molar-refractivity contribution in [3.63, 3.8) is 0 Å². The third-order valence-corrected chi connectivity index (χ3v) is 1.45. The van der Waals surface area contributed by atoms with Crippen molar-refractivity contribution < 1.29 is 9.09 Å². The molecule has 1 atom stereocenters. The molecule has 0 saturated carbocycles. The van der Waals surface area contributed by atoms with Crippen LogP contribution >= 0.6 is 8.18 Å². The van der Waals surface area contributed by atoms with Gasteiger partial charge in [-0.2, -0.15) is 0 Å². The van der Waals surface area contributed by atoms with E-state index in [1.807, 2.05) is 0 Å². The summed E-state index contributed by atoms with van der Waals surface area (Å²) >= 11 is 0. The summed E-state index contributed by atoms with van der Waals surface area (Å²) < 4.78 is 16.3. The molecule has 42 valence electrons. The molecule has 0 aromatic heterocycles. The molecule has 0 amide bonds. The number of nitrogens with zero attached hydrogens (tertiary/aromatic N) is 1. The lowest BCUT2D eigenvalue weighted by molar-refractivity contribution is 0.371. The lowest BCUT2D eigenvalue weighted by Gasteiger charge is -1.86. The van der Waals surface area contributed by atoms with Gasteiger partial charge in [-0.25, -0.2) is 0 Å². The molecule has 0 aromatic carbocycles. The molecule has 1 unspecified atom stereocenters. The molecule has 0 heterocycles. The number of hydrogen-bond donors (Lipinski definition) is 0. The Morgan fingerprint density at radius 2 is 2.00 bits per heavy atom. The highest BCUT2D eigenvalue weighted by molar-refractivity contribution is 7.36. The molecule has 0 radical (unpaired) electrons. The minimum atomic E-state index is -1.55. The fourth-order valence-electron chi connectivity index (χ4n) is 0.163. The van der Waals surface area contributed by atoms with E-state index >= 15 is 0 Å². The second-order valence-electron chi connectivity index (χ2n) is 1.27. The molecule has 0 bridgehead atoms. The van der Waals surface area contributed by atoms with Crippen LogP contribution < -0.4 is 0 Å². The fourth-order valence-corrected chi connectivity index (χ4v) is 0.490. The summed E-state index contributed by atoms with van der Waals surface area (Å²) in [7, 11) is 3.25. The van der Waals surface area contributed by atoms with Gasteiger partial charge < -0.3 is 0 Å². The van der Waals surface area contributed by atoms with Gasteiger partial charge in [-0.3, -0.25) is 0 Å². The highest BCUT2D eigenvalue weighted by Crippen LogP contribution is 2.21. The first-order chi connectivity index (χ1) is 3.18. The smallest absolute Gasteiger partial charge is 0.133 e. The first-order valence-corrected chi connectivity index (χ1v) is 3.00. The van der Waals surface area contributed by atoms with Crippen LogP contribution in [0.2, 0.25) is 0 Å². The van der Waals surface area contributed by atoms with Gasteiger partial charge in [0.05, 0.1) is 7.11 Å². The lowest BCUT2D eigenvalue weighted by atomic mass is 11.3. The zero-order chi connectivity index (χ0) is 5.86. The van der Waals surface area contributed by atoms with Gasteiger partial charge in [0.1, 0.15) is 0 Å². The molecule has 3 nitrogen and oxygen atoms in total. The summed E-state index contributed by atoms with van der Waals surface area (Å²) in [5.41, 5.74) is 0. The molecule has 4 heteroatoms. The quantitative estimate of drug-likeness (QED) is 0.508. The van der Waals surface area contributed by atoms with Gasteiger partial charge in [0.15, 0.2) is 0 Å². The van der Waals surface area contributed by atoms with Gasteiger partial charge in [0, 0.05) is 14.1 Å². The Morgan fingerprint density at radius 1 is 1.57 bits per heavy atom. The van der Waals surface area contributed by atoms with Crippen LogP contribution in [0.3, 0.4) is 0 Å². The van der Waals surface area contributed by atoms with Gasteiger partial charge in [-0.1, -0.05) is 4.67 Å². The normalized spacial score (nSPS) is 12.3. The minimum Gasteiger partial charge on any atom is -0.133 e. The zero-order valence-electron chi connectivity index (χ0n) is 4.71. The fraction of sp³-hybridized carbons (Fsp3) is 1.00. The van der Waals surface area contributed by atoms with Crippen molar-refractivity contribution in [2.75, 3.05) is 21.2 Å². The van der Waals surface area contributed by atoms with Crippen molar-refractivity contribution in [3.05, 3.63) is 0 Å². The van der Waals surface area contributed by atoms with E-state index in [4.69, 9.17) is 0 Å². The van der Waals surface area contributed by atoms with E-state index in [1.54, 1.807) is 14.1 Å². The first-order valence-electron chi connectivity index (χ1n) is 1.87. The van der Waals surface area contributed by atoms with Crippen LogP contribution in [0, 0.1) is 0 Å². The molecule has 0 aliphatic carbocycles. The van der Waals surface area contributed by atoms with Crippen LogP contribution in [0.15, 0.2) is 0 Å². The Balaban J connectivity index is 3.35. The summed E-state index contributed by atoms with van der Waals surface area (Å²) in [6, 6.07) is 0. The summed E-state index contributed by atoms with van der Waals surface area (Å²) in [6.07, 6.45) is 0. The predicted molar refractivity (Wildman–Crippen MR) is 28.3 cm³/mol. The molecule has 0 aliphatic rings. The Morgan fingerprint density at radius 3 is 2.00 bits per heavy atom. The molecule has 0 aromatic rings. The summed E-state index contributed by atoms with van der Waals surface area (Å²) in [5.74, 6) is 0. The van der Waals surface area contributed by atoms with E-state index in [-0.39, 0.29) is 0 Å². The van der Waals surface area contributed by atoms with E-state index in [2.05, 4.69) is 4.52 Å². The van der Waals surface area contributed by atoms with Gasteiger partial charge in [0.2, 0.25) is 0 Å². The zero-order valence-corrected chi connectivity index (χ0v) is 5.61. The maximum Gasteiger partial charge on any atom is 0.614 e. The van der Waals surface area contributed by atoms with E-state index in [0.29, 0.717) is 0 Å². The highest BCUT2D eigenvalue weighted by atomic mass is 31.1. The molecule has 7 heavy (non-hydrogen) atoms. The van der Waals surface area contributed by atoms with Crippen LogP contribution in [-0.2, 0) is 9.09 Å². The predicted octanol–water partition coefficient (Wildman–Crippen LogP) is 0.852. The standard InChI is InChI=1S/C3H9NO2P/c1-4(2)7(5)6-3/h1-3H3/q+1.